The van der Waals surface area contributed by atoms with Gasteiger partial charge in [-0.3, -0.25) is 0 Å². The Labute approximate surface area is 34.7 Å². The molecule has 0 aliphatic carbocycles. The molecule has 0 atom stereocenters. The van der Waals surface area contributed by atoms with Gasteiger partial charge in [-0.1, -0.05) is 19.0 Å². The van der Waals surface area contributed by atoms with Crippen molar-refractivity contribution in [2.24, 2.45) is 0 Å². The average molecular weight is 103 g/mol. The largest absolute Gasteiger partial charge is 0.312 e. The van der Waals surface area contributed by atoms with Crippen LogP contribution in [-0.2, 0) is 0 Å². The SMILES string of the molecule is C.FC(F)Cl. The molecule has 0 saturated carbocycles. The van der Waals surface area contributed by atoms with E-state index in [0.29, 0.717) is 0 Å². The van der Waals surface area contributed by atoms with E-state index >= 15 is 0 Å². The Bertz CT molecular complexity index is 12.4. The lowest BCUT2D eigenvalue weighted by Gasteiger charge is -1.66. The summed E-state index contributed by atoms with van der Waals surface area (Å²) in [7, 11) is 0. The van der Waals surface area contributed by atoms with Crippen LogP contribution in [0, 0.1) is 0 Å². The molecule has 0 N–H and O–H groups in total. The predicted octanol–water partition coefficient (Wildman–Crippen LogP) is 2.08. The first-order valence-electron chi connectivity index (χ1n) is 0.655. The van der Waals surface area contributed by atoms with Crippen LogP contribution in [0.15, 0.2) is 0 Å². The van der Waals surface area contributed by atoms with Crippen molar-refractivity contribution in [2.75, 3.05) is 0 Å². The van der Waals surface area contributed by atoms with Gasteiger partial charge in [0.2, 0.25) is 0 Å². The second-order valence-corrected chi connectivity index (χ2v) is 0.577. The molecule has 5 heavy (non-hydrogen) atoms. The standard InChI is InChI=1S/CHClF2.CH4/c2-1(3)4;/h1H;1H4. The number of alkyl halides is 3. The Morgan fingerprint density at radius 3 is 1.40 bits per heavy atom. The number of rotatable bonds is 0. The molecule has 0 aromatic rings. The van der Waals surface area contributed by atoms with Crippen molar-refractivity contribution in [3.05, 3.63) is 0 Å². The fourth-order valence-electron chi connectivity index (χ4n) is 0. The van der Waals surface area contributed by atoms with Crippen LogP contribution < -0.4 is 0 Å². The maximum absolute atomic E-state index is 10.1. The van der Waals surface area contributed by atoms with Crippen molar-refractivity contribution >= 4 is 11.6 Å². The van der Waals surface area contributed by atoms with Gasteiger partial charge in [0.25, 0.3) is 0 Å². The summed E-state index contributed by atoms with van der Waals surface area (Å²) < 4.78 is 20.2. The Morgan fingerprint density at radius 1 is 1.40 bits per heavy atom. The van der Waals surface area contributed by atoms with Crippen LogP contribution >= 0.6 is 11.6 Å². The van der Waals surface area contributed by atoms with E-state index in [2.05, 4.69) is 11.6 Å². The van der Waals surface area contributed by atoms with E-state index in [9.17, 15) is 8.78 Å². The van der Waals surface area contributed by atoms with Gasteiger partial charge in [-0.15, -0.1) is 0 Å². The van der Waals surface area contributed by atoms with Crippen LogP contribution in [0.25, 0.3) is 0 Å². The lowest BCUT2D eigenvalue weighted by atomic mass is 11.7. The molecule has 34 valence electrons. The number of hydrogen-bond acceptors (Lipinski definition) is 0. The van der Waals surface area contributed by atoms with Gasteiger partial charge < -0.3 is 0 Å². The van der Waals surface area contributed by atoms with E-state index in [0.717, 1.165) is 0 Å². The van der Waals surface area contributed by atoms with E-state index < -0.39 is 5.88 Å². The summed E-state index contributed by atoms with van der Waals surface area (Å²) in [4.78, 5) is 0. The maximum Gasteiger partial charge on any atom is 0.312 e. The average Bonchev–Trinajstić information content (AvgIpc) is 0.811. The fraction of sp³-hybridized carbons (Fsp3) is 1.00. The fourth-order valence-corrected chi connectivity index (χ4v) is 0. The summed E-state index contributed by atoms with van der Waals surface area (Å²) >= 11 is 3.94. The highest BCUT2D eigenvalue weighted by Gasteiger charge is 1.83. The molecule has 0 nitrogen and oxygen atoms in total. The highest BCUT2D eigenvalue weighted by atomic mass is 35.5. The lowest BCUT2D eigenvalue weighted by Crippen LogP contribution is -1.62. The second-order valence-electron chi connectivity index (χ2n) is 0.247. The highest BCUT2D eigenvalue weighted by molar-refractivity contribution is 6.18. The van der Waals surface area contributed by atoms with Gasteiger partial charge in [-0.25, -0.2) is 0 Å². The molecule has 0 aromatic carbocycles. The van der Waals surface area contributed by atoms with Crippen molar-refractivity contribution in [2.45, 2.75) is 13.3 Å². The van der Waals surface area contributed by atoms with Crippen LogP contribution in [0.4, 0.5) is 8.78 Å². The Kier molecular flexibility index (Phi) is 7.42. The predicted molar refractivity (Wildman–Crippen MR) is 18.6 cm³/mol. The number of hydrogen-bond donors (Lipinski definition) is 0. The zero-order chi connectivity index (χ0) is 3.58. The highest BCUT2D eigenvalue weighted by Crippen LogP contribution is 1.93. The molecule has 0 heterocycles. The molecule has 0 spiro atoms. The monoisotopic (exact) mass is 102 g/mol. The summed E-state index contributed by atoms with van der Waals surface area (Å²) in [5.74, 6) is -2.69. The van der Waals surface area contributed by atoms with Crippen molar-refractivity contribution in [1.29, 1.82) is 0 Å². The molecule has 0 amide bonds. The zero-order valence-corrected chi connectivity index (χ0v) is 2.47. The summed E-state index contributed by atoms with van der Waals surface area (Å²) in [6.45, 7) is 0. The third-order valence-electron chi connectivity index (χ3n) is 0. The normalized spacial score (nSPS) is 7.20. The van der Waals surface area contributed by atoms with Crippen LogP contribution in [0.5, 0.6) is 0 Å². The van der Waals surface area contributed by atoms with E-state index in [4.69, 9.17) is 0 Å². The Hall–Kier alpha value is 0.150. The van der Waals surface area contributed by atoms with Crippen molar-refractivity contribution in [3.8, 4) is 0 Å². The third-order valence-corrected chi connectivity index (χ3v) is 0. The molecule has 0 radical (unpaired) electrons. The van der Waals surface area contributed by atoms with Gasteiger partial charge in [-0.05, 0) is 0 Å². The van der Waals surface area contributed by atoms with Crippen molar-refractivity contribution in [1.82, 2.24) is 0 Å². The molecule has 0 bridgehead atoms. The number of halogens is 3. The van der Waals surface area contributed by atoms with E-state index in [1.807, 2.05) is 0 Å². The molecular weight excluding hydrogens is 97.5 g/mol. The van der Waals surface area contributed by atoms with Crippen molar-refractivity contribution < 1.29 is 8.78 Å². The van der Waals surface area contributed by atoms with Crippen LogP contribution in [0.3, 0.4) is 0 Å². The van der Waals surface area contributed by atoms with Crippen LogP contribution in [-0.4, -0.2) is 5.88 Å². The minimum absolute atomic E-state index is 0. The molecule has 0 fully saturated rings. The summed E-state index contributed by atoms with van der Waals surface area (Å²) in [6.07, 6.45) is 0. The minimum atomic E-state index is -2.69. The molecule has 0 aliphatic rings. The van der Waals surface area contributed by atoms with E-state index in [-0.39, 0.29) is 7.43 Å². The maximum atomic E-state index is 10.1. The quantitative estimate of drug-likeness (QED) is 0.411. The van der Waals surface area contributed by atoms with Gasteiger partial charge in [0.15, 0.2) is 0 Å². The third kappa shape index (κ3) is 853. The first-order valence-corrected chi connectivity index (χ1v) is 1.09. The van der Waals surface area contributed by atoms with E-state index in [1.54, 1.807) is 0 Å². The van der Waals surface area contributed by atoms with Crippen LogP contribution in [0.2, 0.25) is 0 Å². The van der Waals surface area contributed by atoms with Crippen LogP contribution in [0.1, 0.15) is 7.43 Å². The van der Waals surface area contributed by atoms with Gasteiger partial charge in [0.05, 0.1) is 0 Å². The van der Waals surface area contributed by atoms with Gasteiger partial charge >= 0.3 is 5.88 Å². The molecule has 0 aliphatic heterocycles. The molecule has 0 unspecified atom stereocenters. The summed E-state index contributed by atoms with van der Waals surface area (Å²) in [6, 6.07) is 0. The Morgan fingerprint density at radius 2 is 1.40 bits per heavy atom. The summed E-state index contributed by atoms with van der Waals surface area (Å²) in [5, 5.41) is 0. The lowest BCUT2D eigenvalue weighted by molar-refractivity contribution is 0.243. The molecule has 0 saturated heterocycles. The molecule has 3 heteroatoms. The second kappa shape index (κ2) is 4.15. The first kappa shape index (κ1) is 8.94. The summed E-state index contributed by atoms with van der Waals surface area (Å²) in [5.41, 5.74) is 0. The van der Waals surface area contributed by atoms with Gasteiger partial charge in [0, 0.05) is 0 Å². The minimum Gasteiger partial charge on any atom is -0.192 e. The zero-order valence-electron chi connectivity index (χ0n) is 1.71. The van der Waals surface area contributed by atoms with E-state index in [1.165, 1.54) is 0 Å². The van der Waals surface area contributed by atoms with Gasteiger partial charge in [0.1, 0.15) is 0 Å². The molecule has 0 rings (SSSR count). The first-order chi connectivity index (χ1) is 1.73. The Balaban J connectivity index is 0. The smallest absolute Gasteiger partial charge is 0.192 e. The van der Waals surface area contributed by atoms with Gasteiger partial charge in [-0.2, -0.15) is 8.78 Å². The van der Waals surface area contributed by atoms with Crippen molar-refractivity contribution in [3.63, 3.8) is 0 Å². The topological polar surface area (TPSA) is 0 Å². The molecular formula is C2H5ClF2. The molecule has 0 aromatic heterocycles.